The molecule has 1 aliphatic rings. The number of nitrogens with zero attached hydrogens (tertiary/aromatic N) is 1. The van der Waals surface area contributed by atoms with Crippen molar-refractivity contribution < 1.29 is 19.1 Å². The molecule has 2 aromatic carbocycles. The largest absolute Gasteiger partial charge is 0.495 e. The third kappa shape index (κ3) is 6.14. The molecule has 0 bridgehead atoms. The van der Waals surface area contributed by atoms with Crippen molar-refractivity contribution in [1.82, 2.24) is 10.2 Å². The van der Waals surface area contributed by atoms with Crippen LogP contribution in [0.25, 0.3) is 0 Å². The monoisotopic (exact) mass is 397 g/mol. The Balaban J connectivity index is 1.36. The zero-order valence-electron chi connectivity index (χ0n) is 16.6. The molecule has 0 aliphatic carbocycles. The molecule has 154 valence electrons. The van der Waals surface area contributed by atoms with Crippen LogP contribution in [-0.4, -0.2) is 50.2 Å². The lowest BCUT2D eigenvalue weighted by atomic mass is 9.97. The number of piperidine rings is 1. The fourth-order valence-corrected chi connectivity index (χ4v) is 3.26. The number of urea groups is 1. The van der Waals surface area contributed by atoms with Gasteiger partial charge < -0.3 is 25.0 Å². The fourth-order valence-electron chi connectivity index (χ4n) is 3.26. The summed E-state index contributed by atoms with van der Waals surface area (Å²) in [5.41, 5.74) is 0.660. The average molecular weight is 397 g/mol. The number of benzene rings is 2. The van der Waals surface area contributed by atoms with Gasteiger partial charge in [-0.25, -0.2) is 4.79 Å². The van der Waals surface area contributed by atoms with Gasteiger partial charge in [0.15, 0.2) is 6.61 Å². The molecular formula is C22H27N3O4. The minimum Gasteiger partial charge on any atom is -0.495 e. The molecule has 3 amide bonds. The summed E-state index contributed by atoms with van der Waals surface area (Å²) >= 11 is 0. The number of anilines is 1. The van der Waals surface area contributed by atoms with E-state index in [1.54, 1.807) is 12.0 Å². The van der Waals surface area contributed by atoms with Gasteiger partial charge in [0.2, 0.25) is 0 Å². The van der Waals surface area contributed by atoms with Gasteiger partial charge in [0.1, 0.15) is 11.5 Å². The molecule has 1 saturated heterocycles. The van der Waals surface area contributed by atoms with E-state index in [1.807, 2.05) is 54.6 Å². The molecule has 29 heavy (non-hydrogen) atoms. The standard InChI is InChI=1S/C22H27N3O4/c1-28-20-10-6-5-9-19(20)24-22(27)25-13-11-17(12-14-25)15-23-21(26)16-29-18-7-3-2-4-8-18/h2-10,17H,11-16H2,1H3,(H,23,26)(H,24,27). The number of nitrogens with one attached hydrogen (secondary N) is 2. The number of amides is 3. The Hall–Kier alpha value is -3.22. The molecule has 1 heterocycles. The normalized spacial score (nSPS) is 14.2. The first-order valence-corrected chi connectivity index (χ1v) is 9.79. The van der Waals surface area contributed by atoms with E-state index in [2.05, 4.69) is 10.6 Å². The zero-order chi connectivity index (χ0) is 20.5. The number of ether oxygens (including phenoxy) is 2. The van der Waals surface area contributed by atoms with Crippen LogP contribution in [-0.2, 0) is 4.79 Å². The molecule has 2 aromatic rings. The minimum atomic E-state index is -0.134. The van der Waals surface area contributed by atoms with Crippen molar-refractivity contribution in [3.63, 3.8) is 0 Å². The molecule has 7 nitrogen and oxygen atoms in total. The van der Waals surface area contributed by atoms with Crippen molar-refractivity contribution in [1.29, 1.82) is 0 Å². The summed E-state index contributed by atoms with van der Waals surface area (Å²) in [6, 6.07) is 16.5. The highest BCUT2D eigenvalue weighted by atomic mass is 16.5. The van der Waals surface area contributed by atoms with Gasteiger partial charge in [0.25, 0.3) is 5.91 Å². The topological polar surface area (TPSA) is 79.9 Å². The Morgan fingerprint density at radius 2 is 1.72 bits per heavy atom. The zero-order valence-corrected chi connectivity index (χ0v) is 16.6. The molecule has 7 heteroatoms. The van der Waals surface area contributed by atoms with E-state index in [-0.39, 0.29) is 18.5 Å². The molecule has 1 fully saturated rings. The number of hydrogen-bond acceptors (Lipinski definition) is 4. The van der Waals surface area contributed by atoms with Crippen LogP contribution >= 0.6 is 0 Å². The van der Waals surface area contributed by atoms with Gasteiger partial charge in [-0.15, -0.1) is 0 Å². The van der Waals surface area contributed by atoms with E-state index in [9.17, 15) is 9.59 Å². The van der Waals surface area contributed by atoms with Gasteiger partial charge in [-0.3, -0.25) is 4.79 Å². The highest BCUT2D eigenvalue weighted by molar-refractivity contribution is 5.91. The summed E-state index contributed by atoms with van der Waals surface area (Å²) in [4.78, 5) is 26.3. The first-order valence-electron chi connectivity index (χ1n) is 9.79. The van der Waals surface area contributed by atoms with Crippen molar-refractivity contribution in [2.24, 2.45) is 5.92 Å². The van der Waals surface area contributed by atoms with Crippen LogP contribution in [0.4, 0.5) is 10.5 Å². The highest BCUT2D eigenvalue weighted by Gasteiger charge is 2.23. The number of carbonyl (C=O) groups excluding carboxylic acids is 2. The number of likely N-dealkylation sites (tertiary alicyclic amines) is 1. The van der Waals surface area contributed by atoms with Crippen molar-refractivity contribution in [2.75, 3.05) is 38.7 Å². The summed E-state index contributed by atoms with van der Waals surface area (Å²) in [5.74, 6) is 1.53. The van der Waals surface area contributed by atoms with Gasteiger partial charge in [-0.1, -0.05) is 30.3 Å². The van der Waals surface area contributed by atoms with E-state index in [0.717, 1.165) is 12.8 Å². The summed E-state index contributed by atoms with van der Waals surface area (Å²) < 4.78 is 10.7. The van der Waals surface area contributed by atoms with Crippen LogP contribution in [0.2, 0.25) is 0 Å². The Bertz CT molecular complexity index is 805. The van der Waals surface area contributed by atoms with Gasteiger partial charge in [0, 0.05) is 19.6 Å². The average Bonchev–Trinajstić information content (AvgIpc) is 2.77. The van der Waals surface area contributed by atoms with Gasteiger partial charge in [-0.2, -0.15) is 0 Å². The maximum atomic E-state index is 12.5. The van der Waals surface area contributed by atoms with Crippen LogP contribution in [0.1, 0.15) is 12.8 Å². The Labute approximate surface area is 171 Å². The summed E-state index contributed by atoms with van der Waals surface area (Å²) in [6.45, 7) is 1.91. The molecular weight excluding hydrogens is 370 g/mol. The third-order valence-corrected chi connectivity index (χ3v) is 4.95. The number of hydrogen-bond donors (Lipinski definition) is 2. The summed E-state index contributed by atoms with van der Waals surface area (Å²) in [7, 11) is 1.58. The second-order valence-corrected chi connectivity index (χ2v) is 6.97. The van der Waals surface area contributed by atoms with Crippen molar-refractivity contribution in [3.8, 4) is 11.5 Å². The first-order chi connectivity index (χ1) is 14.2. The quantitative estimate of drug-likeness (QED) is 0.752. The lowest BCUT2D eigenvalue weighted by Gasteiger charge is -2.32. The van der Waals surface area contributed by atoms with E-state index in [4.69, 9.17) is 9.47 Å². The Kier molecular flexibility index (Phi) is 7.33. The van der Waals surface area contributed by atoms with Gasteiger partial charge in [0.05, 0.1) is 12.8 Å². The lowest BCUT2D eigenvalue weighted by Crippen LogP contribution is -2.43. The number of carbonyl (C=O) groups is 2. The second kappa shape index (κ2) is 10.4. The van der Waals surface area contributed by atoms with Crippen LogP contribution < -0.4 is 20.1 Å². The van der Waals surface area contributed by atoms with Gasteiger partial charge in [-0.05, 0) is 43.0 Å². The number of methoxy groups -OCH3 is 1. The maximum Gasteiger partial charge on any atom is 0.321 e. The highest BCUT2D eigenvalue weighted by Crippen LogP contribution is 2.24. The van der Waals surface area contributed by atoms with Crippen LogP contribution in [0.3, 0.4) is 0 Å². The summed E-state index contributed by atoms with van der Waals surface area (Å²) in [6.07, 6.45) is 1.69. The van der Waals surface area contributed by atoms with Crippen molar-refractivity contribution in [2.45, 2.75) is 12.8 Å². The van der Waals surface area contributed by atoms with Crippen molar-refractivity contribution in [3.05, 3.63) is 54.6 Å². The van der Waals surface area contributed by atoms with Crippen molar-refractivity contribution >= 4 is 17.6 Å². The molecule has 0 unspecified atom stereocenters. The smallest absolute Gasteiger partial charge is 0.321 e. The van der Waals surface area contributed by atoms with E-state index in [1.165, 1.54) is 0 Å². The molecule has 0 aromatic heterocycles. The van der Waals surface area contributed by atoms with E-state index < -0.39 is 0 Å². The predicted octanol–water partition coefficient (Wildman–Crippen LogP) is 3.13. The SMILES string of the molecule is COc1ccccc1NC(=O)N1CCC(CNC(=O)COc2ccccc2)CC1. The minimum absolute atomic E-state index is 0.00414. The molecule has 1 aliphatic heterocycles. The molecule has 2 N–H and O–H groups in total. The van der Waals surface area contributed by atoms with Gasteiger partial charge >= 0.3 is 6.03 Å². The molecule has 0 atom stereocenters. The van der Waals surface area contributed by atoms with E-state index in [0.29, 0.717) is 42.7 Å². The number of rotatable bonds is 7. The second-order valence-electron chi connectivity index (χ2n) is 6.97. The Morgan fingerprint density at radius 3 is 2.45 bits per heavy atom. The fraction of sp³-hybridized carbons (Fsp3) is 0.364. The van der Waals surface area contributed by atoms with Crippen LogP contribution in [0.5, 0.6) is 11.5 Å². The summed E-state index contributed by atoms with van der Waals surface area (Å²) in [5, 5.41) is 5.83. The van der Waals surface area contributed by atoms with E-state index >= 15 is 0 Å². The first kappa shape index (κ1) is 20.5. The Morgan fingerprint density at radius 1 is 1.03 bits per heavy atom. The van der Waals surface area contributed by atoms with Crippen LogP contribution in [0, 0.1) is 5.92 Å². The lowest BCUT2D eigenvalue weighted by molar-refractivity contribution is -0.123. The van der Waals surface area contributed by atoms with Crippen LogP contribution in [0.15, 0.2) is 54.6 Å². The predicted molar refractivity (Wildman–Crippen MR) is 111 cm³/mol. The molecule has 3 rings (SSSR count). The molecule has 0 saturated carbocycles. The molecule has 0 spiro atoms. The number of para-hydroxylation sites is 3. The molecule has 0 radical (unpaired) electrons. The third-order valence-electron chi connectivity index (χ3n) is 4.95. The maximum absolute atomic E-state index is 12.5.